The SMILES string of the molecule is CC(C)(C)OC(=O)N[C@@H](Cc1cc(F)cc(F)c1)c1nc2cc(-c3ccccc3)[nH]c2cc1Br. The Bertz CT molecular complexity index is 1310. The van der Waals surface area contributed by atoms with Gasteiger partial charge in [0.15, 0.2) is 0 Å². The minimum atomic E-state index is -0.709. The third kappa shape index (κ3) is 5.80. The first-order valence-corrected chi connectivity index (χ1v) is 11.6. The normalized spacial score (nSPS) is 12.5. The van der Waals surface area contributed by atoms with Gasteiger partial charge in [0.25, 0.3) is 0 Å². The van der Waals surface area contributed by atoms with E-state index < -0.39 is 29.4 Å². The molecule has 2 aromatic heterocycles. The first-order chi connectivity index (χ1) is 16.1. The highest BCUT2D eigenvalue weighted by atomic mass is 79.9. The van der Waals surface area contributed by atoms with E-state index in [1.165, 1.54) is 12.1 Å². The number of fused-ring (bicyclic) bond motifs is 1. The van der Waals surface area contributed by atoms with Crippen LogP contribution in [0.5, 0.6) is 0 Å². The Labute approximate surface area is 204 Å². The van der Waals surface area contributed by atoms with Crippen molar-refractivity contribution in [3.05, 3.63) is 88.0 Å². The third-order valence-corrected chi connectivity index (χ3v) is 5.69. The van der Waals surface area contributed by atoms with Crippen LogP contribution >= 0.6 is 15.9 Å². The first-order valence-electron chi connectivity index (χ1n) is 10.8. The summed E-state index contributed by atoms with van der Waals surface area (Å²) < 4.78 is 33.7. The van der Waals surface area contributed by atoms with Gasteiger partial charge in [-0.1, -0.05) is 30.3 Å². The van der Waals surface area contributed by atoms with Crippen LogP contribution < -0.4 is 5.32 Å². The molecule has 5 nitrogen and oxygen atoms in total. The van der Waals surface area contributed by atoms with Crippen molar-refractivity contribution in [3.8, 4) is 11.3 Å². The maximum atomic E-state index is 13.8. The largest absolute Gasteiger partial charge is 0.444 e. The average molecular weight is 528 g/mol. The second kappa shape index (κ2) is 9.54. The Kier molecular flexibility index (Phi) is 6.70. The molecule has 0 fully saturated rings. The Hall–Kier alpha value is -3.26. The monoisotopic (exact) mass is 527 g/mol. The molecule has 0 aliphatic carbocycles. The van der Waals surface area contributed by atoms with E-state index in [1.807, 2.05) is 42.5 Å². The average Bonchev–Trinajstić information content (AvgIpc) is 3.14. The molecule has 0 saturated heterocycles. The molecule has 2 heterocycles. The van der Waals surface area contributed by atoms with Crippen LogP contribution in [-0.4, -0.2) is 21.7 Å². The molecule has 34 heavy (non-hydrogen) atoms. The zero-order valence-corrected chi connectivity index (χ0v) is 20.5. The van der Waals surface area contributed by atoms with E-state index in [0.717, 1.165) is 22.8 Å². The molecule has 0 aliphatic rings. The van der Waals surface area contributed by atoms with E-state index in [0.29, 0.717) is 21.2 Å². The lowest BCUT2D eigenvalue weighted by Crippen LogP contribution is -2.36. The summed E-state index contributed by atoms with van der Waals surface area (Å²) in [6, 6.07) is 16.2. The van der Waals surface area contributed by atoms with Gasteiger partial charge < -0.3 is 15.0 Å². The van der Waals surface area contributed by atoms with E-state index >= 15 is 0 Å². The van der Waals surface area contributed by atoms with Gasteiger partial charge >= 0.3 is 6.09 Å². The van der Waals surface area contributed by atoms with Gasteiger partial charge in [-0.05, 0) is 78.5 Å². The fourth-order valence-corrected chi connectivity index (χ4v) is 4.29. The minimum Gasteiger partial charge on any atom is -0.444 e. The number of benzene rings is 2. The lowest BCUT2D eigenvalue weighted by atomic mass is 10.0. The number of nitrogens with zero attached hydrogens (tertiary/aromatic N) is 1. The number of rotatable bonds is 5. The Balaban J connectivity index is 1.73. The van der Waals surface area contributed by atoms with E-state index in [9.17, 15) is 13.6 Å². The minimum absolute atomic E-state index is 0.112. The second-order valence-corrected chi connectivity index (χ2v) is 9.87. The van der Waals surface area contributed by atoms with Gasteiger partial charge in [-0.3, -0.25) is 0 Å². The Morgan fingerprint density at radius 2 is 1.76 bits per heavy atom. The van der Waals surface area contributed by atoms with Gasteiger partial charge in [-0.25, -0.2) is 18.6 Å². The number of nitrogens with one attached hydrogen (secondary N) is 2. The molecule has 0 radical (unpaired) electrons. The molecule has 4 rings (SSSR count). The van der Waals surface area contributed by atoms with Gasteiger partial charge in [-0.15, -0.1) is 0 Å². The van der Waals surface area contributed by atoms with E-state index in [2.05, 4.69) is 26.2 Å². The second-order valence-electron chi connectivity index (χ2n) is 9.02. The Morgan fingerprint density at radius 1 is 1.09 bits per heavy atom. The van der Waals surface area contributed by atoms with E-state index in [4.69, 9.17) is 9.72 Å². The number of hydrogen-bond acceptors (Lipinski definition) is 3. The number of amides is 1. The number of ether oxygens (including phenoxy) is 1. The molecule has 0 saturated carbocycles. The smallest absolute Gasteiger partial charge is 0.408 e. The van der Waals surface area contributed by atoms with Crippen LogP contribution in [-0.2, 0) is 11.2 Å². The number of pyridine rings is 1. The number of carbonyl (C=O) groups is 1. The molecule has 2 N–H and O–H groups in total. The van der Waals surface area contributed by atoms with Crippen molar-refractivity contribution < 1.29 is 18.3 Å². The molecule has 4 aromatic rings. The predicted octanol–water partition coefficient (Wildman–Crippen LogP) is 7.08. The molecule has 0 bridgehead atoms. The lowest BCUT2D eigenvalue weighted by Gasteiger charge is -2.24. The van der Waals surface area contributed by atoms with Crippen molar-refractivity contribution in [2.24, 2.45) is 0 Å². The molecule has 0 aliphatic heterocycles. The summed E-state index contributed by atoms with van der Waals surface area (Å²) in [6.07, 6.45) is -0.539. The highest BCUT2D eigenvalue weighted by molar-refractivity contribution is 9.10. The first kappa shape index (κ1) is 23.9. The van der Waals surface area contributed by atoms with Crippen LogP contribution in [0, 0.1) is 11.6 Å². The van der Waals surface area contributed by atoms with Crippen LogP contribution in [0.2, 0.25) is 0 Å². The molecular formula is C26H24BrF2N3O2. The van der Waals surface area contributed by atoms with Gasteiger partial charge in [0.1, 0.15) is 17.2 Å². The molecular weight excluding hydrogens is 504 g/mol. The molecule has 0 unspecified atom stereocenters. The van der Waals surface area contributed by atoms with Crippen molar-refractivity contribution in [3.63, 3.8) is 0 Å². The van der Waals surface area contributed by atoms with Crippen LogP contribution in [0.3, 0.4) is 0 Å². The number of H-pyrrole nitrogens is 1. The molecule has 0 spiro atoms. The number of aromatic nitrogens is 2. The maximum absolute atomic E-state index is 13.8. The maximum Gasteiger partial charge on any atom is 0.408 e. The summed E-state index contributed by atoms with van der Waals surface area (Å²) in [7, 11) is 0. The number of aromatic amines is 1. The summed E-state index contributed by atoms with van der Waals surface area (Å²) in [5, 5.41) is 2.81. The van der Waals surface area contributed by atoms with Crippen molar-refractivity contribution in [1.29, 1.82) is 0 Å². The highest BCUT2D eigenvalue weighted by Crippen LogP contribution is 2.31. The predicted molar refractivity (Wildman–Crippen MR) is 131 cm³/mol. The standard InChI is InChI=1S/C26H24BrF2N3O2/c1-26(2,3)34-25(33)32-23(11-15-9-17(28)12-18(29)10-15)24-19(27)13-21-22(31-24)14-20(30-21)16-7-5-4-6-8-16/h4-10,12-14,23,30H,11H2,1-3H3,(H,32,33)/t23-/m0/s1. The van der Waals surface area contributed by atoms with Crippen molar-refractivity contribution in [1.82, 2.24) is 15.3 Å². The summed E-state index contributed by atoms with van der Waals surface area (Å²) in [5.74, 6) is -1.38. The van der Waals surface area contributed by atoms with Crippen LogP contribution in [0.1, 0.15) is 38.1 Å². The summed E-state index contributed by atoms with van der Waals surface area (Å²) in [5.41, 5.74) is 3.60. The summed E-state index contributed by atoms with van der Waals surface area (Å²) in [6.45, 7) is 5.28. The highest BCUT2D eigenvalue weighted by Gasteiger charge is 2.24. The number of hydrogen-bond donors (Lipinski definition) is 2. The van der Waals surface area contributed by atoms with Crippen molar-refractivity contribution in [2.45, 2.75) is 38.8 Å². The van der Waals surface area contributed by atoms with Crippen molar-refractivity contribution in [2.75, 3.05) is 0 Å². The molecule has 1 atom stereocenters. The third-order valence-electron chi connectivity index (χ3n) is 5.05. The lowest BCUT2D eigenvalue weighted by molar-refractivity contribution is 0.0502. The van der Waals surface area contributed by atoms with Gasteiger partial charge in [0.05, 0.1) is 22.8 Å². The number of halogens is 3. The molecule has 8 heteroatoms. The van der Waals surface area contributed by atoms with E-state index in [1.54, 1.807) is 20.8 Å². The van der Waals surface area contributed by atoms with Crippen molar-refractivity contribution >= 4 is 33.1 Å². The molecule has 2 aromatic carbocycles. The van der Waals surface area contributed by atoms with Gasteiger partial charge in [-0.2, -0.15) is 0 Å². The quantitative estimate of drug-likeness (QED) is 0.291. The van der Waals surface area contributed by atoms with E-state index in [-0.39, 0.29) is 6.42 Å². The molecule has 176 valence electrons. The van der Waals surface area contributed by atoms with Crippen LogP contribution in [0.15, 0.2) is 65.1 Å². The zero-order chi connectivity index (χ0) is 24.5. The zero-order valence-electron chi connectivity index (χ0n) is 19.0. The summed E-state index contributed by atoms with van der Waals surface area (Å²) >= 11 is 3.55. The van der Waals surface area contributed by atoms with Crippen LogP contribution in [0.25, 0.3) is 22.3 Å². The summed E-state index contributed by atoms with van der Waals surface area (Å²) in [4.78, 5) is 20.7. The number of alkyl carbamates (subject to hydrolysis) is 1. The fourth-order valence-electron chi connectivity index (χ4n) is 3.69. The molecule has 1 amide bonds. The van der Waals surface area contributed by atoms with Crippen LogP contribution in [0.4, 0.5) is 13.6 Å². The fraction of sp³-hybridized carbons (Fsp3) is 0.231. The van der Waals surface area contributed by atoms with Gasteiger partial charge in [0, 0.05) is 16.2 Å². The number of carbonyl (C=O) groups excluding carboxylic acids is 1. The topological polar surface area (TPSA) is 67.0 Å². The van der Waals surface area contributed by atoms with Gasteiger partial charge in [0.2, 0.25) is 0 Å². The Morgan fingerprint density at radius 3 is 2.41 bits per heavy atom.